The molecule has 0 radical (unpaired) electrons. The zero-order valence-corrected chi connectivity index (χ0v) is 16.7. The minimum Gasteiger partial charge on any atom is -0.372 e. The Bertz CT molecular complexity index is 921. The normalized spacial score (nSPS) is 20.0. The summed E-state index contributed by atoms with van der Waals surface area (Å²) < 4.78 is 31.3. The Kier molecular flexibility index (Phi) is 5.92. The summed E-state index contributed by atoms with van der Waals surface area (Å²) in [4.78, 5) is 22.8. The molecule has 0 saturated carbocycles. The van der Waals surface area contributed by atoms with Crippen molar-refractivity contribution in [1.82, 2.24) is 14.7 Å². The van der Waals surface area contributed by atoms with Crippen molar-refractivity contribution in [3.8, 4) is 0 Å². The van der Waals surface area contributed by atoms with Gasteiger partial charge in [0.05, 0.1) is 29.7 Å². The maximum absolute atomic E-state index is 12.3. The minimum atomic E-state index is -3.64. The lowest BCUT2D eigenvalue weighted by molar-refractivity contribution is -0.00545. The summed E-state index contributed by atoms with van der Waals surface area (Å²) in [6, 6.07) is 6.31. The molecule has 1 aliphatic rings. The average Bonchev–Trinajstić information content (AvgIpc) is 2.68. The number of carbonyl (C=O) groups excluding carboxylic acids is 1. The lowest BCUT2D eigenvalue weighted by Gasteiger charge is -2.36. The van der Waals surface area contributed by atoms with E-state index in [1.807, 2.05) is 19.9 Å². The van der Waals surface area contributed by atoms with Crippen molar-refractivity contribution in [3.63, 3.8) is 0 Å². The zero-order valence-electron chi connectivity index (χ0n) is 15.9. The third-order valence-electron chi connectivity index (χ3n) is 4.29. The van der Waals surface area contributed by atoms with E-state index in [2.05, 4.69) is 24.9 Å². The van der Waals surface area contributed by atoms with Crippen molar-refractivity contribution in [2.75, 3.05) is 30.4 Å². The molecule has 3 heterocycles. The molecule has 1 saturated heterocycles. The van der Waals surface area contributed by atoms with Gasteiger partial charge >= 0.3 is 0 Å². The van der Waals surface area contributed by atoms with Gasteiger partial charge in [-0.2, -0.15) is 0 Å². The smallest absolute Gasteiger partial charge is 0.257 e. The van der Waals surface area contributed by atoms with Crippen LogP contribution in [0.2, 0.25) is 0 Å². The molecule has 0 aromatic carbocycles. The third kappa shape index (κ3) is 4.64. The highest BCUT2D eigenvalue weighted by Gasteiger charge is 2.23. The molecule has 10 heteroatoms. The van der Waals surface area contributed by atoms with Crippen LogP contribution in [0.25, 0.3) is 0 Å². The van der Waals surface area contributed by atoms with Crippen LogP contribution in [0, 0.1) is 0 Å². The first-order valence-electron chi connectivity index (χ1n) is 8.86. The number of amides is 1. The van der Waals surface area contributed by atoms with Crippen LogP contribution in [-0.2, 0) is 14.8 Å². The van der Waals surface area contributed by atoms with Crippen molar-refractivity contribution < 1.29 is 17.9 Å². The maximum Gasteiger partial charge on any atom is 0.257 e. The number of hydrogen-bond donors (Lipinski definition) is 2. The van der Waals surface area contributed by atoms with E-state index in [9.17, 15) is 13.2 Å². The van der Waals surface area contributed by atoms with Gasteiger partial charge in [-0.3, -0.25) is 4.79 Å². The number of morpholine rings is 1. The predicted octanol–water partition coefficient (Wildman–Crippen LogP) is 1.25. The van der Waals surface area contributed by atoms with Crippen molar-refractivity contribution in [1.29, 1.82) is 0 Å². The minimum absolute atomic E-state index is 0.132. The maximum atomic E-state index is 12.3. The van der Waals surface area contributed by atoms with Crippen molar-refractivity contribution >= 4 is 27.4 Å². The van der Waals surface area contributed by atoms with Gasteiger partial charge in [-0.25, -0.2) is 23.1 Å². The largest absolute Gasteiger partial charge is 0.372 e. The number of aromatic nitrogens is 2. The topological polar surface area (TPSA) is 114 Å². The second-order valence-corrected chi connectivity index (χ2v) is 8.45. The molecule has 1 aliphatic heterocycles. The van der Waals surface area contributed by atoms with Gasteiger partial charge in [0, 0.05) is 19.3 Å². The number of ether oxygens (including phenoxy) is 1. The van der Waals surface area contributed by atoms with E-state index in [1.54, 1.807) is 12.3 Å². The van der Waals surface area contributed by atoms with E-state index >= 15 is 0 Å². The Balaban J connectivity index is 1.66. The highest BCUT2D eigenvalue weighted by Crippen LogP contribution is 2.20. The van der Waals surface area contributed by atoms with Crippen molar-refractivity contribution in [2.45, 2.75) is 31.1 Å². The molecule has 28 heavy (non-hydrogen) atoms. The highest BCUT2D eigenvalue weighted by atomic mass is 32.2. The Hall–Kier alpha value is -2.56. The first-order chi connectivity index (χ1) is 13.3. The van der Waals surface area contributed by atoms with Crippen LogP contribution in [0.15, 0.2) is 41.7 Å². The second-order valence-electron chi connectivity index (χ2n) is 6.61. The lowest BCUT2D eigenvalue weighted by Crippen LogP contribution is -2.45. The number of rotatable bonds is 5. The van der Waals surface area contributed by atoms with Gasteiger partial charge in [0.15, 0.2) is 5.03 Å². The fourth-order valence-electron chi connectivity index (χ4n) is 2.99. The van der Waals surface area contributed by atoms with Crippen LogP contribution in [-0.4, -0.2) is 56.6 Å². The molecule has 0 aliphatic carbocycles. The van der Waals surface area contributed by atoms with E-state index in [1.165, 1.54) is 25.4 Å². The predicted molar refractivity (Wildman–Crippen MR) is 105 cm³/mol. The van der Waals surface area contributed by atoms with E-state index in [4.69, 9.17) is 4.74 Å². The van der Waals surface area contributed by atoms with Gasteiger partial charge in [-0.15, -0.1) is 0 Å². The van der Waals surface area contributed by atoms with Gasteiger partial charge in [0.1, 0.15) is 5.82 Å². The van der Waals surface area contributed by atoms with Crippen LogP contribution in [0.5, 0.6) is 0 Å². The number of nitrogens with one attached hydrogen (secondary N) is 2. The number of sulfonamides is 1. The first kappa shape index (κ1) is 20.2. The molecular weight excluding hydrogens is 382 g/mol. The fraction of sp³-hybridized carbons (Fsp3) is 0.389. The summed E-state index contributed by atoms with van der Waals surface area (Å²) in [5.74, 6) is 0.423. The standard InChI is InChI=1S/C18H23N5O4S/c1-12-10-23(11-13(2)27-12)16-6-5-15(9-20-16)22-18(24)14-4-7-17(21-8-14)28(25,26)19-3/h4-9,12-13,19H,10-11H2,1-3H3,(H,22,24). The molecule has 2 N–H and O–H groups in total. The Morgan fingerprint density at radius 2 is 1.82 bits per heavy atom. The van der Waals surface area contributed by atoms with E-state index < -0.39 is 15.9 Å². The Morgan fingerprint density at radius 1 is 1.11 bits per heavy atom. The van der Waals surface area contributed by atoms with Crippen LogP contribution >= 0.6 is 0 Å². The zero-order chi connectivity index (χ0) is 20.3. The Morgan fingerprint density at radius 3 is 2.36 bits per heavy atom. The number of nitrogens with zero attached hydrogens (tertiary/aromatic N) is 3. The van der Waals surface area contributed by atoms with Gasteiger partial charge in [0.25, 0.3) is 15.9 Å². The summed E-state index contributed by atoms with van der Waals surface area (Å²) in [6.45, 7) is 5.57. The van der Waals surface area contributed by atoms with Gasteiger partial charge in [-0.05, 0) is 45.2 Å². The van der Waals surface area contributed by atoms with E-state index in [-0.39, 0.29) is 22.8 Å². The van der Waals surface area contributed by atoms with Crippen LogP contribution in [0.3, 0.4) is 0 Å². The monoisotopic (exact) mass is 405 g/mol. The Labute approximate surface area is 164 Å². The molecule has 3 rings (SSSR count). The van der Waals surface area contributed by atoms with Gasteiger partial charge in [0.2, 0.25) is 0 Å². The summed E-state index contributed by atoms with van der Waals surface area (Å²) in [5.41, 5.74) is 0.782. The third-order valence-corrected chi connectivity index (χ3v) is 5.62. The van der Waals surface area contributed by atoms with E-state index in [0.29, 0.717) is 5.69 Å². The molecule has 2 aromatic heterocycles. The first-order valence-corrected chi connectivity index (χ1v) is 10.3. The SMILES string of the molecule is CNS(=O)(=O)c1ccc(C(=O)Nc2ccc(N3CC(C)OC(C)C3)nc2)cn1. The molecule has 0 bridgehead atoms. The molecule has 1 amide bonds. The van der Waals surface area contributed by atoms with Gasteiger partial charge < -0.3 is 15.0 Å². The van der Waals surface area contributed by atoms with E-state index in [0.717, 1.165) is 18.9 Å². The molecule has 2 atom stereocenters. The fourth-order valence-corrected chi connectivity index (χ4v) is 3.64. The second kappa shape index (κ2) is 8.21. The van der Waals surface area contributed by atoms with Crippen LogP contribution in [0.1, 0.15) is 24.2 Å². The number of anilines is 2. The molecular formula is C18H23N5O4S. The molecule has 1 fully saturated rings. The lowest BCUT2D eigenvalue weighted by atomic mass is 10.2. The molecule has 150 valence electrons. The number of pyridine rings is 2. The quantitative estimate of drug-likeness (QED) is 0.770. The molecule has 0 spiro atoms. The van der Waals surface area contributed by atoms with Crippen molar-refractivity contribution in [3.05, 3.63) is 42.2 Å². The molecule has 2 aromatic rings. The van der Waals surface area contributed by atoms with Gasteiger partial charge in [-0.1, -0.05) is 0 Å². The van der Waals surface area contributed by atoms with Crippen LogP contribution in [0.4, 0.5) is 11.5 Å². The van der Waals surface area contributed by atoms with Crippen molar-refractivity contribution in [2.24, 2.45) is 0 Å². The molecule has 2 unspecified atom stereocenters. The summed E-state index contributed by atoms with van der Waals surface area (Å²) >= 11 is 0. The van der Waals surface area contributed by atoms with Crippen LogP contribution < -0.4 is 14.9 Å². The number of carbonyl (C=O) groups is 1. The summed E-state index contributed by atoms with van der Waals surface area (Å²) in [6.07, 6.45) is 3.07. The number of hydrogen-bond acceptors (Lipinski definition) is 7. The molecule has 9 nitrogen and oxygen atoms in total. The summed E-state index contributed by atoms with van der Waals surface area (Å²) in [7, 11) is -2.34. The average molecular weight is 405 g/mol. The highest BCUT2D eigenvalue weighted by molar-refractivity contribution is 7.89. The summed E-state index contributed by atoms with van der Waals surface area (Å²) in [5, 5.41) is 2.58.